The van der Waals surface area contributed by atoms with Crippen molar-refractivity contribution in [1.29, 1.82) is 0 Å². The molecule has 0 fully saturated rings. The highest BCUT2D eigenvalue weighted by atomic mass is 32.1. The summed E-state index contributed by atoms with van der Waals surface area (Å²) in [4.78, 5) is 31.3. The standard InChI is InChI=1S/C17H13O5PS/c18-17(19)16-14(23(20,21)22)13(11-7-3-1-4-8-11)15(24-16)12-9-5-2-6-10-12/h1-10H,(H,18,19)(H2,20,21,22). The van der Waals surface area contributed by atoms with Gasteiger partial charge >= 0.3 is 13.6 Å². The first-order chi connectivity index (χ1) is 11.4. The van der Waals surface area contributed by atoms with Gasteiger partial charge in [-0.2, -0.15) is 0 Å². The molecule has 7 heteroatoms. The Morgan fingerprint density at radius 3 is 1.83 bits per heavy atom. The summed E-state index contributed by atoms with van der Waals surface area (Å²) < 4.78 is 12.0. The van der Waals surface area contributed by atoms with Gasteiger partial charge in [0.1, 0.15) is 4.88 Å². The van der Waals surface area contributed by atoms with Crippen molar-refractivity contribution in [2.75, 3.05) is 0 Å². The lowest BCUT2D eigenvalue weighted by atomic mass is 10.0. The van der Waals surface area contributed by atoms with Crippen LogP contribution in [0.15, 0.2) is 60.7 Å². The van der Waals surface area contributed by atoms with Crippen molar-refractivity contribution in [2.45, 2.75) is 0 Å². The first-order valence-corrected chi connectivity index (χ1v) is 9.39. The Balaban J connectivity index is 2.42. The van der Waals surface area contributed by atoms with Crippen LogP contribution in [0.3, 0.4) is 0 Å². The van der Waals surface area contributed by atoms with Crippen LogP contribution in [0.2, 0.25) is 0 Å². The van der Waals surface area contributed by atoms with Gasteiger partial charge in [-0.25, -0.2) is 4.79 Å². The third-order valence-corrected chi connectivity index (χ3v) is 5.87. The number of hydrogen-bond acceptors (Lipinski definition) is 3. The summed E-state index contributed by atoms with van der Waals surface area (Å²) in [5.74, 6) is -1.35. The minimum Gasteiger partial charge on any atom is -0.477 e. The Hall–Kier alpha value is -2.24. The van der Waals surface area contributed by atoms with E-state index in [1.54, 1.807) is 54.6 Å². The maximum absolute atomic E-state index is 12.0. The molecule has 0 spiro atoms. The normalized spacial score (nSPS) is 11.4. The maximum atomic E-state index is 12.0. The van der Waals surface area contributed by atoms with Gasteiger partial charge in [-0.1, -0.05) is 60.7 Å². The van der Waals surface area contributed by atoms with E-state index in [0.29, 0.717) is 16.0 Å². The monoisotopic (exact) mass is 360 g/mol. The SMILES string of the molecule is O=C(O)c1sc(-c2ccccc2)c(-c2ccccc2)c1P(=O)(O)O. The van der Waals surface area contributed by atoms with Crippen LogP contribution in [-0.2, 0) is 4.57 Å². The van der Waals surface area contributed by atoms with Gasteiger partial charge in [0.25, 0.3) is 0 Å². The number of aromatic carboxylic acids is 1. The minimum atomic E-state index is -4.78. The zero-order valence-electron chi connectivity index (χ0n) is 12.3. The van der Waals surface area contributed by atoms with E-state index in [9.17, 15) is 24.3 Å². The van der Waals surface area contributed by atoms with Crippen LogP contribution in [0.1, 0.15) is 9.67 Å². The second kappa shape index (κ2) is 6.34. The molecule has 0 aliphatic heterocycles. The average Bonchev–Trinajstić information content (AvgIpc) is 2.97. The molecule has 0 amide bonds. The van der Waals surface area contributed by atoms with Crippen LogP contribution >= 0.6 is 18.9 Å². The highest BCUT2D eigenvalue weighted by Gasteiger charge is 2.34. The van der Waals surface area contributed by atoms with Crippen LogP contribution in [0.25, 0.3) is 21.6 Å². The van der Waals surface area contributed by atoms with Crippen LogP contribution in [0.4, 0.5) is 0 Å². The molecule has 3 N–H and O–H groups in total. The fourth-order valence-electron chi connectivity index (χ4n) is 2.51. The van der Waals surface area contributed by atoms with Gasteiger partial charge < -0.3 is 14.9 Å². The largest absolute Gasteiger partial charge is 0.477 e. The highest BCUT2D eigenvalue weighted by molar-refractivity contribution is 7.61. The number of benzene rings is 2. The van der Waals surface area contributed by atoms with Crippen molar-refractivity contribution < 1.29 is 24.3 Å². The summed E-state index contributed by atoms with van der Waals surface area (Å²) in [6, 6.07) is 17.7. The van der Waals surface area contributed by atoms with Crippen LogP contribution in [-0.4, -0.2) is 20.9 Å². The van der Waals surface area contributed by atoms with Crippen molar-refractivity contribution in [2.24, 2.45) is 0 Å². The number of carbonyl (C=O) groups is 1. The summed E-state index contributed by atoms with van der Waals surface area (Å²) in [5.41, 5.74) is 1.56. The fourth-order valence-corrected chi connectivity index (χ4v) is 5.04. The van der Waals surface area contributed by atoms with Gasteiger partial charge in [0.05, 0.1) is 5.30 Å². The minimum absolute atomic E-state index is 0.275. The van der Waals surface area contributed by atoms with Gasteiger partial charge in [0.2, 0.25) is 0 Å². The highest BCUT2D eigenvalue weighted by Crippen LogP contribution is 2.47. The topological polar surface area (TPSA) is 94.8 Å². The van der Waals surface area contributed by atoms with Gasteiger partial charge in [0.15, 0.2) is 0 Å². The second-order valence-electron chi connectivity index (χ2n) is 5.07. The van der Waals surface area contributed by atoms with E-state index in [0.717, 1.165) is 11.3 Å². The van der Waals surface area contributed by atoms with E-state index in [1.807, 2.05) is 6.07 Å². The maximum Gasteiger partial charge on any atom is 0.358 e. The van der Waals surface area contributed by atoms with E-state index >= 15 is 0 Å². The molecule has 1 heterocycles. The summed E-state index contributed by atoms with van der Waals surface area (Å²) in [7, 11) is -4.78. The van der Waals surface area contributed by atoms with E-state index in [1.165, 1.54) is 0 Å². The lowest BCUT2D eigenvalue weighted by molar-refractivity contribution is 0.0703. The molecule has 3 aromatic rings. The van der Waals surface area contributed by atoms with Crippen LogP contribution in [0.5, 0.6) is 0 Å². The molecule has 0 saturated carbocycles. The summed E-state index contributed by atoms with van der Waals surface area (Å²) >= 11 is 0.877. The number of rotatable bonds is 4. The van der Waals surface area contributed by atoms with Crippen LogP contribution < -0.4 is 5.30 Å². The van der Waals surface area contributed by atoms with E-state index in [-0.39, 0.29) is 10.4 Å². The molecule has 0 aliphatic carbocycles. The van der Waals surface area contributed by atoms with E-state index in [2.05, 4.69) is 0 Å². The molecule has 0 saturated heterocycles. The number of thiophene rings is 1. The summed E-state index contributed by atoms with van der Waals surface area (Å²) in [5, 5.41) is 9.00. The molecule has 0 unspecified atom stereocenters. The Labute approximate surface area is 142 Å². The molecule has 122 valence electrons. The van der Waals surface area contributed by atoms with Crippen molar-refractivity contribution >= 4 is 30.2 Å². The quantitative estimate of drug-likeness (QED) is 0.618. The molecular formula is C17H13O5PS. The number of hydrogen-bond donors (Lipinski definition) is 3. The van der Waals surface area contributed by atoms with Gasteiger partial charge in [0, 0.05) is 10.4 Å². The van der Waals surface area contributed by atoms with Crippen molar-refractivity contribution in [3.8, 4) is 21.6 Å². The fraction of sp³-hybridized carbons (Fsp3) is 0. The lowest BCUT2D eigenvalue weighted by Gasteiger charge is -2.10. The summed E-state index contributed by atoms with van der Waals surface area (Å²) in [6.07, 6.45) is 0. The molecule has 24 heavy (non-hydrogen) atoms. The molecular weight excluding hydrogens is 347 g/mol. The predicted octanol–water partition coefficient (Wildman–Crippen LogP) is 3.58. The van der Waals surface area contributed by atoms with Gasteiger partial charge in [-0.15, -0.1) is 11.3 Å². The Morgan fingerprint density at radius 2 is 1.38 bits per heavy atom. The molecule has 2 aromatic carbocycles. The Morgan fingerprint density at radius 1 is 0.875 bits per heavy atom. The first-order valence-electron chi connectivity index (χ1n) is 6.96. The third kappa shape index (κ3) is 3.05. The zero-order chi connectivity index (χ0) is 17.3. The van der Waals surface area contributed by atoms with Crippen molar-refractivity contribution in [3.05, 3.63) is 65.5 Å². The second-order valence-corrected chi connectivity index (χ2v) is 7.62. The van der Waals surface area contributed by atoms with E-state index < -0.39 is 18.9 Å². The number of carboxylic acids is 1. The lowest BCUT2D eigenvalue weighted by Crippen LogP contribution is -2.14. The predicted molar refractivity (Wildman–Crippen MR) is 93.8 cm³/mol. The third-order valence-electron chi connectivity index (χ3n) is 3.47. The zero-order valence-corrected chi connectivity index (χ0v) is 14.0. The van der Waals surface area contributed by atoms with Gasteiger partial charge in [-0.05, 0) is 11.1 Å². The van der Waals surface area contributed by atoms with Crippen LogP contribution in [0, 0.1) is 0 Å². The molecule has 3 rings (SSSR count). The van der Waals surface area contributed by atoms with Gasteiger partial charge in [-0.3, -0.25) is 4.57 Å². The smallest absolute Gasteiger partial charge is 0.358 e. The van der Waals surface area contributed by atoms with Crippen molar-refractivity contribution in [3.63, 3.8) is 0 Å². The molecule has 0 aliphatic rings. The molecule has 0 bridgehead atoms. The summed E-state index contributed by atoms with van der Waals surface area (Å²) in [6.45, 7) is 0. The Kier molecular flexibility index (Phi) is 4.39. The molecule has 5 nitrogen and oxygen atoms in total. The van der Waals surface area contributed by atoms with E-state index in [4.69, 9.17) is 0 Å². The Bertz CT molecular complexity index is 928. The molecule has 0 atom stereocenters. The van der Waals surface area contributed by atoms with Crippen molar-refractivity contribution in [1.82, 2.24) is 0 Å². The first kappa shape index (κ1) is 16.6. The molecule has 0 radical (unpaired) electrons. The average molecular weight is 360 g/mol. The number of carboxylic acid groups (broad SMARTS) is 1. The molecule has 1 aromatic heterocycles.